The third kappa shape index (κ3) is 6.32. The highest BCUT2D eigenvalue weighted by Gasteiger charge is 2.27. The molecule has 10 nitrogen and oxygen atoms in total. The molecule has 0 heterocycles. The summed E-state index contributed by atoms with van der Waals surface area (Å²) < 4.78 is 21.5. The van der Waals surface area contributed by atoms with Crippen molar-refractivity contribution in [3.8, 4) is 23.0 Å². The van der Waals surface area contributed by atoms with E-state index >= 15 is 0 Å². The zero-order chi connectivity index (χ0) is 27.0. The Morgan fingerprint density at radius 3 is 1.22 bits per heavy atom. The minimum absolute atomic E-state index is 0.242. The Kier molecular flexibility index (Phi) is 10.2. The molecule has 194 valence electrons. The Balaban J connectivity index is 2.10. The average molecular weight is 535 g/mol. The number of methoxy groups -OCH3 is 4. The van der Waals surface area contributed by atoms with Gasteiger partial charge in [0, 0.05) is 14.1 Å². The molecule has 0 aromatic heterocycles. The highest BCUT2D eigenvalue weighted by atomic mass is 32.1. The predicted octanol–water partition coefficient (Wildman–Crippen LogP) is 2.33. The van der Waals surface area contributed by atoms with Crippen molar-refractivity contribution in [3.63, 3.8) is 0 Å². The molecular formula is C24H30N4O6S2. The Hall–Kier alpha value is -3.64. The summed E-state index contributed by atoms with van der Waals surface area (Å²) in [5, 5.41) is 2.66. The minimum Gasteiger partial charge on any atom is -0.496 e. The Labute approximate surface area is 221 Å². The van der Waals surface area contributed by atoms with E-state index in [1.54, 1.807) is 50.5 Å². The van der Waals surface area contributed by atoms with Crippen LogP contribution in [0.1, 0.15) is 18.1 Å². The highest BCUT2D eigenvalue weighted by Crippen LogP contribution is 2.30. The number of nitrogens with zero attached hydrogens (tertiary/aromatic N) is 2. The maximum absolute atomic E-state index is 12.8. The lowest BCUT2D eigenvalue weighted by molar-refractivity contribution is -0.137. The van der Waals surface area contributed by atoms with E-state index in [4.69, 9.17) is 43.4 Å². The molecule has 36 heavy (non-hydrogen) atoms. The van der Waals surface area contributed by atoms with Gasteiger partial charge < -0.3 is 18.9 Å². The highest BCUT2D eigenvalue weighted by molar-refractivity contribution is 7.81. The maximum Gasteiger partial charge on any atom is 0.250 e. The summed E-state index contributed by atoms with van der Waals surface area (Å²) in [6, 6.07) is 10.4. The second kappa shape index (κ2) is 12.9. The SMILES string of the molecule is COc1cccc(OC)c1C(=S)N(C)NC(=O)C(C)C(=O)NN(C)C(=S)c1c(OC)cccc1OC. The Morgan fingerprint density at radius 2 is 0.972 bits per heavy atom. The van der Waals surface area contributed by atoms with Crippen LogP contribution in [0.2, 0.25) is 0 Å². The number of carbonyl (C=O) groups is 2. The molecule has 12 heteroatoms. The van der Waals surface area contributed by atoms with E-state index in [0.717, 1.165) is 0 Å². The van der Waals surface area contributed by atoms with Crippen LogP contribution in [-0.2, 0) is 9.59 Å². The van der Waals surface area contributed by atoms with Crippen LogP contribution in [0.15, 0.2) is 36.4 Å². The molecule has 0 aliphatic heterocycles. The smallest absolute Gasteiger partial charge is 0.250 e. The number of hydrogen-bond acceptors (Lipinski definition) is 8. The van der Waals surface area contributed by atoms with Gasteiger partial charge in [0.2, 0.25) is 0 Å². The van der Waals surface area contributed by atoms with Gasteiger partial charge in [-0.3, -0.25) is 30.5 Å². The lowest BCUT2D eigenvalue weighted by Crippen LogP contribution is -2.51. The van der Waals surface area contributed by atoms with E-state index in [0.29, 0.717) is 34.1 Å². The molecule has 0 unspecified atom stereocenters. The first kappa shape index (κ1) is 28.6. The Morgan fingerprint density at radius 1 is 0.694 bits per heavy atom. The third-order valence-corrected chi connectivity index (χ3v) is 6.19. The van der Waals surface area contributed by atoms with Crippen molar-refractivity contribution in [2.75, 3.05) is 42.5 Å². The van der Waals surface area contributed by atoms with Crippen LogP contribution >= 0.6 is 24.4 Å². The van der Waals surface area contributed by atoms with Crippen LogP contribution in [0.5, 0.6) is 23.0 Å². The Bertz CT molecular complexity index is 1010. The van der Waals surface area contributed by atoms with E-state index in [9.17, 15) is 9.59 Å². The number of carbonyl (C=O) groups excluding carboxylic acids is 2. The largest absolute Gasteiger partial charge is 0.496 e. The van der Waals surface area contributed by atoms with Crippen LogP contribution in [0, 0.1) is 5.92 Å². The predicted molar refractivity (Wildman–Crippen MR) is 143 cm³/mol. The molecule has 0 saturated carbocycles. The minimum atomic E-state index is -1.08. The van der Waals surface area contributed by atoms with E-state index < -0.39 is 17.7 Å². The van der Waals surface area contributed by atoms with Crippen molar-refractivity contribution in [2.24, 2.45) is 5.92 Å². The number of thiocarbonyl (C=S) groups is 2. The summed E-state index contributed by atoms with van der Waals surface area (Å²) in [5.41, 5.74) is 6.23. The molecule has 0 radical (unpaired) electrons. The molecule has 0 fully saturated rings. The summed E-state index contributed by atoms with van der Waals surface area (Å²) >= 11 is 11.1. The standard InChI is InChI=1S/C24H30N4O6S2/c1-14(21(29)25-27(2)23(35)19-15(31-4)10-8-11-16(19)32-5)22(30)26-28(3)24(36)20-17(33-6)12-9-13-18(20)34-7/h8-14H,1-7H3,(H,25,29)(H,26,30). The fourth-order valence-corrected chi connectivity index (χ4v) is 3.70. The van der Waals surface area contributed by atoms with Crippen molar-refractivity contribution in [2.45, 2.75) is 6.92 Å². The molecule has 2 amide bonds. The topological polar surface area (TPSA) is 102 Å². The maximum atomic E-state index is 12.8. The van der Waals surface area contributed by atoms with E-state index in [-0.39, 0.29) is 9.98 Å². The van der Waals surface area contributed by atoms with Crippen LogP contribution in [0.4, 0.5) is 0 Å². The molecule has 0 aliphatic carbocycles. The van der Waals surface area contributed by atoms with Crippen molar-refractivity contribution >= 4 is 46.2 Å². The van der Waals surface area contributed by atoms with Crippen molar-refractivity contribution < 1.29 is 28.5 Å². The molecular weight excluding hydrogens is 504 g/mol. The van der Waals surface area contributed by atoms with Crippen molar-refractivity contribution in [3.05, 3.63) is 47.5 Å². The summed E-state index contributed by atoms with van der Waals surface area (Å²) in [4.78, 5) is 26.2. The number of ether oxygens (including phenoxy) is 4. The van der Waals surface area contributed by atoms with Crippen LogP contribution in [0.3, 0.4) is 0 Å². The number of hydrazine groups is 2. The van der Waals surface area contributed by atoms with Gasteiger partial charge in [-0.25, -0.2) is 0 Å². The fourth-order valence-electron chi connectivity index (χ4n) is 3.20. The second-order valence-corrected chi connectivity index (χ2v) is 8.25. The van der Waals surface area contributed by atoms with Gasteiger partial charge in [-0.05, 0) is 31.2 Å². The van der Waals surface area contributed by atoms with Gasteiger partial charge in [0.25, 0.3) is 11.8 Å². The molecule has 2 aromatic rings. The molecule has 0 saturated heterocycles. The molecule has 0 bridgehead atoms. The zero-order valence-corrected chi connectivity index (χ0v) is 22.8. The van der Waals surface area contributed by atoms with Gasteiger partial charge in [0.1, 0.15) is 38.9 Å². The number of benzene rings is 2. The summed E-state index contributed by atoms with van der Waals surface area (Å²) in [5.74, 6) is -0.331. The lowest BCUT2D eigenvalue weighted by atomic mass is 10.1. The van der Waals surface area contributed by atoms with Crippen LogP contribution < -0.4 is 29.8 Å². The number of nitrogens with one attached hydrogen (secondary N) is 2. The normalized spacial score (nSPS) is 10.2. The van der Waals surface area contributed by atoms with E-state index in [1.807, 2.05) is 0 Å². The lowest BCUT2D eigenvalue weighted by Gasteiger charge is -2.27. The molecule has 0 spiro atoms. The molecule has 0 aliphatic rings. The molecule has 0 atom stereocenters. The first-order valence-corrected chi connectivity index (χ1v) is 11.5. The third-order valence-electron chi connectivity index (χ3n) is 5.24. The van der Waals surface area contributed by atoms with Crippen LogP contribution in [-0.4, -0.2) is 74.3 Å². The fraction of sp³-hybridized carbons (Fsp3) is 0.333. The number of rotatable bonds is 8. The summed E-state index contributed by atoms with van der Waals surface area (Å²) in [6.07, 6.45) is 0. The zero-order valence-electron chi connectivity index (χ0n) is 21.2. The van der Waals surface area contributed by atoms with Crippen molar-refractivity contribution in [1.82, 2.24) is 20.9 Å². The quantitative estimate of drug-likeness (QED) is 0.298. The van der Waals surface area contributed by atoms with Gasteiger partial charge in [-0.1, -0.05) is 36.6 Å². The van der Waals surface area contributed by atoms with Gasteiger partial charge in [-0.15, -0.1) is 0 Å². The van der Waals surface area contributed by atoms with Gasteiger partial charge in [0.05, 0.1) is 39.6 Å². The monoisotopic (exact) mass is 534 g/mol. The molecule has 2 aromatic carbocycles. The van der Waals surface area contributed by atoms with E-state index in [2.05, 4.69) is 10.9 Å². The number of hydrogen-bond donors (Lipinski definition) is 2. The molecule has 2 rings (SSSR count). The van der Waals surface area contributed by atoms with Crippen LogP contribution in [0.25, 0.3) is 0 Å². The van der Waals surface area contributed by atoms with E-state index in [1.165, 1.54) is 45.4 Å². The number of amides is 2. The summed E-state index contributed by atoms with van der Waals surface area (Å²) in [6.45, 7) is 1.46. The first-order chi connectivity index (χ1) is 17.1. The van der Waals surface area contributed by atoms with Gasteiger partial charge in [-0.2, -0.15) is 0 Å². The summed E-state index contributed by atoms with van der Waals surface area (Å²) in [7, 11) is 9.15. The molecule has 2 N–H and O–H groups in total. The first-order valence-electron chi connectivity index (χ1n) is 10.7. The van der Waals surface area contributed by atoms with Crippen molar-refractivity contribution in [1.29, 1.82) is 0 Å². The van der Waals surface area contributed by atoms with Gasteiger partial charge >= 0.3 is 0 Å². The average Bonchev–Trinajstić information content (AvgIpc) is 2.90. The van der Waals surface area contributed by atoms with Gasteiger partial charge in [0.15, 0.2) is 0 Å². The second-order valence-electron chi connectivity index (χ2n) is 7.48.